The summed E-state index contributed by atoms with van der Waals surface area (Å²) in [5.74, 6) is 3.32. The maximum Gasteiger partial charge on any atom is 0.192 e. The number of hydrogen-bond donors (Lipinski definition) is 2. The minimum Gasteiger partial charge on any atom is -0.354 e. The monoisotopic (exact) mass is 467 g/mol. The number of aryl methyl sites for hydroxylation is 1. The van der Waals surface area contributed by atoms with Crippen LogP contribution in [-0.4, -0.2) is 41.4 Å². The van der Waals surface area contributed by atoms with Crippen molar-refractivity contribution in [3.05, 3.63) is 41.9 Å². The number of nitrogens with one attached hydrogen (secondary N) is 2. The molecular weight excluding hydrogens is 445 g/mol. The number of rotatable bonds is 5. The van der Waals surface area contributed by atoms with Gasteiger partial charge in [0, 0.05) is 19.3 Å². The van der Waals surface area contributed by atoms with E-state index in [-0.39, 0.29) is 24.0 Å². The molecule has 0 unspecified atom stereocenters. The molecule has 4 rings (SSSR count). The quantitative estimate of drug-likeness (QED) is 0.333. The predicted molar refractivity (Wildman–Crippen MR) is 108 cm³/mol. The van der Waals surface area contributed by atoms with Crippen molar-refractivity contribution < 1.29 is 0 Å². The third-order valence-corrected chi connectivity index (χ3v) is 4.28. The zero-order chi connectivity index (χ0) is 17.2. The molecule has 9 nitrogen and oxygen atoms in total. The van der Waals surface area contributed by atoms with Crippen LogP contribution in [0.2, 0.25) is 0 Å². The number of hydrogen-bond acceptors (Lipinski definition) is 5. The molecule has 0 atom stereocenters. The van der Waals surface area contributed by atoms with E-state index in [1.807, 2.05) is 47.3 Å². The lowest BCUT2D eigenvalue weighted by molar-refractivity contribution is 0.734. The van der Waals surface area contributed by atoms with Crippen LogP contribution in [0.3, 0.4) is 0 Å². The Hall–Kier alpha value is -2.24. The molecule has 3 aromatic rings. The second-order valence-corrected chi connectivity index (χ2v) is 6.20. The fraction of sp³-hybridized carbons (Fsp3) is 0.438. The molecule has 1 aliphatic carbocycles. The standard InChI is InChI=1S/C16H21N9.HI/c1-11-20-22-14(24(11)2)9-17-16(19-12-6-7-12)18-10-15-23-21-13-5-3-4-8-25(13)15;/h3-5,8,12H,6-7,9-10H2,1-2H3,(H2,17,18,19);1H. The Bertz CT molecular complexity index is 909. The van der Waals surface area contributed by atoms with Crippen LogP contribution in [0.1, 0.15) is 30.3 Å². The normalized spacial score (nSPS) is 14.3. The van der Waals surface area contributed by atoms with Crippen molar-refractivity contribution in [3.8, 4) is 0 Å². The Morgan fingerprint density at radius 2 is 2.00 bits per heavy atom. The van der Waals surface area contributed by atoms with E-state index in [1.54, 1.807) is 0 Å². The summed E-state index contributed by atoms with van der Waals surface area (Å²) in [6.45, 7) is 2.94. The smallest absolute Gasteiger partial charge is 0.192 e. The van der Waals surface area contributed by atoms with Crippen LogP contribution in [0.5, 0.6) is 0 Å². The van der Waals surface area contributed by atoms with Crippen molar-refractivity contribution in [2.75, 3.05) is 0 Å². The molecule has 0 spiro atoms. The molecule has 1 aliphatic rings. The molecule has 10 heteroatoms. The molecule has 3 aromatic heterocycles. The number of fused-ring (bicyclic) bond motifs is 1. The van der Waals surface area contributed by atoms with Crippen molar-refractivity contribution in [1.82, 2.24) is 40.0 Å². The van der Waals surface area contributed by atoms with E-state index in [0.29, 0.717) is 19.1 Å². The molecule has 1 saturated carbocycles. The van der Waals surface area contributed by atoms with Gasteiger partial charge in [0.1, 0.15) is 12.4 Å². The van der Waals surface area contributed by atoms with Crippen LogP contribution in [0.25, 0.3) is 5.65 Å². The first-order chi connectivity index (χ1) is 12.2. The van der Waals surface area contributed by atoms with E-state index in [9.17, 15) is 0 Å². The van der Waals surface area contributed by atoms with E-state index in [2.05, 4.69) is 36.0 Å². The van der Waals surface area contributed by atoms with Crippen molar-refractivity contribution in [3.63, 3.8) is 0 Å². The molecule has 0 radical (unpaired) electrons. The average Bonchev–Trinajstić information content (AvgIpc) is 3.27. The number of halogens is 1. The maximum atomic E-state index is 4.64. The van der Waals surface area contributed by atoms with Gasteiger partial charge in [0.2, 0.25) is 0 Å². The minimum atomic E-state index is 0. The fourth-order valence-corrected chi connectivity index (χ4v) is 2.49. The number of aliphatic imine (C=N–C) groups is 1. The molecule has 0 aromatic carbocycles. The maximum absolute atomic E-state index is 4.64. The van der Waals surface area contributed by atoms with Gasteiger partial charge >= 0.3 is 0 Å². The summed E-state index contributed by atoms with van der Waals surface area (Å²) in [5, 5.41) is 23.4. The molecule has 0 amide bonds. The molecule has 0 saturated heterocycles. The van der Waals surface area contributed by atoms with Gasteiger partial charge in [-0.2, -0.15) is 0 Å². The third kappa shape index (κ3) is 4.11. The van der Waals surface area contributed by atoms with Crippen LogP contribution in [-0.2, 0) is 20.1 Å². The van der Waals surface area contributed by atoms with Gasteiger partial charge in [0.15, 0.2) is 23.3 Å². The molecular formula is C16H22IN9. The summed E-state index contributed by atoms with van der Waals surface area (Å²) >= 11 is 0. The number of aromatic nitrogens is 6. The van der Waals surface area contributed by atoms with Gasteiger partial charge in [0.25, 0.3) is 0 Å². The zero-order valence-corrected chi connectivity index (χ0v) is 17.1. The van der Waals surface area contributed by atoms with Gasteiger partial charge in [-0.25, -0.2) is 4.99 Å². The number of guanidine groups is 1. The second kappa shape index (κ2) is 7.98. The summed E-state index contributed by atoms with van der Waals surface area (Å²) < 4.78 is 3.91. The Labute approximate surface area is 168 Å². The van der Waals surface area contributed by atoms with Crippen molar-refractivity contribution in [2.45, 2.75) is 38.9 Å². The number of pyridine rings is 1. The largest absolute Gasteiger partial charge is 0.354 e. The first-order valence-corrected chi connectivity index (χ1v) is 8.39. The van der Waals surface area contributed by atoms with Crippen molar-refractivity contribution in [1.29, 1.82) is 0 Å². The first-order valence-electron chi connectivity index (χ1n) is 8.39. The molecule has 0 bridgehead atoms. The van der Waals surface area contributed by atoms with Crippen LogP contribution < -0.4 is 10.6 Å². The Balaban J connectivity index is 0.00000196. The Morgan fingerprint density at radius 3 is 2.73 bits per heavy atom. The topological polar surface area (TPSA) is 97.3 Å². The highest BCUT2D eigenvalue weighted by Crippen LogP contribution is 2.18. The summed E-state index contributed by atoms with van der Waals surface area (Å²) in [6.07, 6.45) is 4.31. The fourth-order valence-electron chi connectivity index (χ4n) is 2.49. The summed E-state index contributed by atoms with van der Waals surface area (Å²) in [6, 6.07) is 6.35. The first kappa shape index (κ1) is 18.5. The summed E-state index contributed by atoms with van der Waals surface area (Å²) in [7, 11) is 1.95. The molecule has 26 heavy (non-hydrogen) atoms. The predicted octanol–water partition coefficient (Wildman–Crippen LogP) is 1.18. The lowest BCUT2D eigenvalue weighted by atomic mass is 10.4. The molecule has 1 fully saturated rings. The van der Waals surface area contributed by atoms with Crippen LogP contribution >= 0.6 is 24.0 Å². The van der Waals surface area contributed by atoms with Gasteiger partial charge in [0.05, 0.1) is 6.54 Å². The second-order valence-electron chi connectivity index (χ2n) is 6.20. The van der Waals surface area contributed by atoms with Crippen molar-refractivity contribution in [2.24, 2.45) is 12.0 Å². The van der Waals surface area contributed by atoms with Crippen LogP contribution in [0.15, 0.2) is 29.4 Å². The highest BCUT2D eigenvalue weighted by Gasteiger charge is 2.22. The van der Waals surface area contributed by atoms with Crippen LogP contribution in [0, 0.1) is 6.92 Å². The van der Waals surface area contributed by atoms with Gasteiger partial charge in [-0.3, -0.25) is 4.40 Å². The third-order valence-electron chi connectivity index (χ3n) is 4.28. The van der Waals surface area contributed by atoms with E-state index in [0.717, 1.165) is 29.1 Å². The lowest BCUT2D eigenvalue weighted by Crippen LogP contribution is -2.38. The van der Waals surface area contributed by atoms with E-state index >= 15 is 0 Å². The minimum absolute atomic E-state index is 0. The van der Waals surface area contributed by atoms with Gasteiger partial charge < -0.3 is 15.2 Å². The average molecular weight is 467 g/mol. The van der Waals surface area contributed by atoms with Crippen molar-refractivity contribution >= 4 is 35.6 Å². The van der Waals surface area contributed by atoms with Gasteiger partial charge in [-0.1, -0.05) is 6.07 Å². The Kier molecular flexibility index (Phi) is 5.69. The highest BCUT2D eigenvalue weighted by molar-refractivity contribution is 14.0. The van der Waals surface area contributed by atoms with Gasteiger partial charge in [-0.15, -0.1) is 44.4 Å². The van der Waals surface area contributed by atoms with E-state index < -0.39 is 0 Å². The highest BCUT2D eigenvalue weighted by atomic mass is 127. The molecule has 0 aliphatic heterocycles. The SMILES string of the molecule is Cc1nnc(CN=C(NCc2nnc3ccccn23)NC2CC2)n1C.I. The van der Waals surface area contributed by atoms with Gasteiger partial charge in [-0.05, 0) is 31.9 Å². The van der Waals surface area contributed by atoms with E-state index in [1.165, 1.54) is 12.8 Å². The molecule has 138 valence electrons. The molecule has 3 heterocycles. The lowest BCUT2D eigenvalue weighted by Gasteiger charge is -2.11. The van der Waals surface area contributed by atoms with E-state index in [4.69, 9.17) is 0 Å². The summed E-state index contributed by atoms with van der Waals surface area (Å²) in [4.78, 5) is 4.64. The number of nitrogens with zero attached hydrogens (tertiary/aromatic N) is 7. The zero-order valence-electron chi connectivity index (χ0n) is 14.8. The van der Waals surface area contributed by atoms with Crippen LogP contribution in [0.4, 0.5) is 0 Å². The molecule has 2 N–H and O–H groups in total. The summed E-state index contributed by atoms with van der Waals surface area (Å²) in [5.41, 5.74) is 0.836. The Morgan fingerprint density at radius 1 is 1.19 bits per heavy atom.